The van der Waals surface area contributed by atoms with Crippen molar-refractivity contribution in [1.82, 2.24) is 25.6 Å². The third kappa shape index (κ3) is 7.24. The number of aromatic nitrogens is 3. The van der Waals surface area contributed by atoms with Gasteiger partial charge in [-0.1, -0.05) is 31.2 Å². The maximum absolute atomic E-state index is 12.8. The van der Waals surface area contributed by atoms with Crippen LogP contribution in [0.25, 0.3) is 0 Å². The van der Waals surface area contributed by atoms with Crippen LogP contribution in [0.3, 0.4) is 0 Å². The van der Waals surface area contributed by atoms with Gasteiger partial charge in [0.2, 0.25) is 6.79 Å². The van der Waals surface area contributed by atoms with Crippen molar-refractivity contribution in [3.63, 3.8) is 0 Å². The molecule has 3 N–H and O–H groups in total. The maximum atomic E-state index is 12.8. The minimum atomic E-state index is -1.34. The van der Waals surface area contributed by atoms with Crippen LogP contribution in [0.1, 0.15) is 65.9 Å². The zero-order valence-electron chi connectivity index (χ0n) is 22.6. The van der Waals surface area contributed by atoms with E-state index in [0.717, 1.165) is 13.0 Å². The minimum Gasteiger partial charge on any atom is -0.535 e. The molecule has 1 aromatic carbocycles. The van der Waals surface area contributed by atoms with Crippen LogP contribution in [0, 0.1) is 5.92 Å². The Labute approximate surface area is 232 Å². The van der Waals surface area contributed by atoms with E-state index >= 15 is 0 Å². The van der Waals surface area contributed by atoms with Crippen LogP contribution >= 0.6 is 0 Å². The number of esters is 2. The summed E-state index contributed by atoms with van der Waals surface area (Å²) in [4.78, 5) is 49.8. The Morgan fingerprint density at radius 1 is 1.25 bits per heavy atom. The first-order valence-electron chi connectivity index (χ1n) is 13.5. The van der Waals surface area contributed by atoms with Gasteiger partial charge in [0.05, 0.1) is 12.1 Å². The minimum absolute atomic E-state index is 0.0175. The number of hydrogen-bond acceptors (Lipinski definition) is 11. The lowest BCUT2D eigenvalue weighted by atomic mass is 9.64. The molecule has 0 aliphatic carbocycles. The highest BCUT2D eigenvalue weighted by Gasteiger charge is 2.38. The van der Waals surface area contributed by atoms with Gasteiger partial charge in [-0.2, -0.15) is 0 Å². The van der Waals surface area contributed by atoms with Gasteiger partial charge in [-0.25, -0.2) is 9.48 Å². The number of ketones is 1. The number of carbonyl (C=O) groups is 4. The molecule has 1 saturated heterocycles. The van der Waals surface area contributed by atoms with Gasteiger partial charge in [0.25, 0.3) is 5.91 Å². The van der Waals surface area contributed by atoms with Crippen molar-refractivity contribution in [2.24, 2.45) is 5.92 Å². The Balaban J connectivity index is 1.30. The van der Waals surface area contributed by atoms with E-state index in [1.54, 1.807) is 12.1 Å². The molecule has 2 atom stereocenters. The monoisotopic (exact) mass is 555 g/mol. The second-order valence-electron chi connectivity index (χ2n) is 10.0. The molecule has 2 aromatic rings. The fourth-order valence-electron chi connectivity index (χ4n) is 4.83. The van der Waals surface area contributed by atoms with E-state index in [9.17, 15) is 24.2 Å². The number of ether oxygens (including phenoxy) is 2. The molecule has 0 saturated carbocycles. The number of para-hydroxylation sites is 1. The number of amides is 1. The van der Waals surface area contributed by atoms with E-state index in [0.29, 0.717) is 24.9 Å². The molecule has 3 heterocycles. The highest BCUT2D eigenvalue weighted by molar-refractivity contribution is 6.47. The summed E-state index contributed by atoms with van der Waals surface area (Å²) in [6.45, 7) is 4.65. The molecule has 2 aliphatic heterocycles. The molecule has 0 spiro atoms. The number of carbonyl (C=O) groups excluding carboxylic acids is 4. The van der Waals surface area contributed by atoms with Gasteiger partial charge in [0.1, 0.15) is 17.9 Å². The summed E-state index contributed by atoms with van der Waals surface area (Å²) in [5.74, 6) is -2.42. The molecule has 14 heteroatoms. The summed E-state index contributed by atoms with van der Waals surface area (Å²) >= 11 is 0. The molecule has 2 aliphatic rings. The molecule has 0 bridgehead atoms. The summed E-state index contributed by atoms with van der Waals surface area (Å²) in [5, 5.41) is 24.4. The number of benzene rings is 1. The number of nitrogens with one attached hydrogen (secondary N) is 2. The number of hydrogen-bond donors (Lipinski definition) is 3. The van der Waals surface area contributed by atoms with Crippen LogP contribution in [0.4, 0.5) is 0 Å². The zero-order chi connectivity index (χ0) is 28.6. The maximum Gasteiger partial charge on any atom is 0.526 e. The molecule has 4 rings (SSSR count). The first-order valence-corrected chi connectivity index (χ1v) is 13.5. The highest BCUT2D eigenvalue weighted by atomic mass is 16.7. The normalized spacial score (nSPS) is 18.1. The summed E-state index contributed by atoms with van der Waals surface area (Å²) < 4.78 is 17.1. The average Bonchev–Trinajstić information content (AvgIpc) is 3.62. The van der Waals surface area contributed by atoms with E-state index < -0.39 is 31.7 Å². The highest BCUT2D eigenvalue weighted by Crippen LogP contribution is 2.36. The molecular formula is C26H34BN5O8. The first kappa shape index (κ1) is 29.2. The van der Waals surface area contributed by atoms with Crippen LogP contribution in [0.5, 0.6) is 5.75 Å². The standard InChI is InChI=1S/C26H34BN5O8/c1-3-16(4-2)25(35)38-15-39-26(36)21-7-5-6-17-10-18(27(37)40-23(17)21)11-20(33)13-32-14-22(30-31-32)24(34)29-19-8-9-28-12-19/h5-7,14,16,18-19,28,37H,3-4,8-13,15H2,1-2H3,(H,29,34)/t18-,19+/m1/s1. The fourth-order valence-corrected chi connectivity index (χ4v) is 4.83. The van der Waals surface area contributed by atoms with Crippen molar-refractivity contribution in [2.75, 3.05) is 19.9 Å². The van der Waals surface area contributed by atoms with Crippen molar-refractivity contribution in [3.05, 3.63) is 41.2 Å². The van der Waals surface area contributed by atoms with Gasteiger partial charge in [-0.15, -0.1) is 5.10 Å². The average molecular weight is 555 g/mol. The molecule has 0 unspecified atom stereocenters. The van der Waals surface area contributed by atoms with Gasteiger partial charge in [-0.05, 0) is 43.9 Å². The second-order valence-corrected chi connectivity index (χ2v) is 10.0. The van der Waals surface area contributed by atoms with E-state index in [1.165, 1.54) is 16.9 Å². The Hall–Kier alpha value is -3.78. The summed E-state index contributed by atoms with van der Waals surface area (Å²) in [6.07, 6.45) is 3.77. The summed E-state index contributed by atoms with van der Waals surface area (Å²) in [6, 6.07) is 4.91. The molecule has 1 aromatic heterocycles. The third-order valence-corrected chi connectivity index (χ3v) is 7.15. The van der Waals surface area contributed by atoms with Crippen molar-refractivity contribution in [2.45, 2.75) is 64.4 Å². The van der Waals surface area contributed by atoms with Gasteiger partial charge in [0.15, 0.2) is 11.5 Å². The first-order chi connectivity index (χ1) is 19.3. The summed E-state index contributed by atoms with van der Waals surface area (Å²) in [5.41, 5.74) is 0.841. The Morgan fingerprint density at radius 2 is 2.05 bits per heavy atom. The van der Waals surface area contributed by atoms with E-state index in [1.807, 2.05) is 13.8 Å². The number of fused-ring (bicyclic) bond motifs is 1. The van der Waals surface area contributed by atoms with Crippen LogP contribution in [0.15, 0.2) is 24.4 Å². The molecule has 13 nitrogen and oxygen atoms in total. The molecule has 0 radical (unpaired) electrons. The van der Waals surface area contributed by atoms with Crippen LogP contribution in [-0.2, 0) is 32.0 Å². The van der Waals surface area contributed by atoms with Gasteiger partial charge < -0.3 is 29.8 Å². The number of Topliss-reactive ketones (excluding diaryl/α,β-unsaturated/α-hetero) is 1. The van der Waals surface area contributed by atoms with Crippen molar-refractivity contribution in [1.29, 1.82) is 0 Å². The predicted molar refractivity (Wildman–Crippen MR) is 141 cm³/mol. The van der Waals surface area contributed by atoms with E-state index in [-0.39, 0.29) is 60.0 Å². The van der Waals surface area contributed by atoms with Crippen molar-refractivity contribution >= 4 is 30.7 Å². The zero-order valence-corrected chi connectivity index (χ0v) is 22.6. The Bertz CT molecular complexity index is 1230. The quantitative estimate of drug-likeness (QED) is 0.193. The van der Waals surface area contributed by atoms with Crippen LogP contribution < -0.4 is 15.3 Å². The molecule has 1 amide bonds. The fraction of sp³-hybridized carbons (Fsp3) is 0.538. The van der Waals surface area contributed by atoms with E-state index in [4.69, 9.17) is 14.1 Å². The van der Waals surface area contributed by atoms with Gasteiger partial charge in [0, 0.05) is 24.8 Å². The topological polar surface area (TPSA) is 171 Å². The van der Waals surface area contributed by atoms with Crippen molar-refractivity contribution in [3.8, 4) is 5.75 Å². The summed E-state index contributed by atoms with van der Waals surface area (Å²) in [7, 11) is -1.34. The van der Waals surface area contributed by atoms with Gasteiger partial charge >= 0.3 is 19.1 Å². The van der Waals surface area contributed by atoms with Crippen LogP contribution in [-0.4, -0.2) is 76.7 Å². The SMILES string of the molecule is CCC(CC)C(=O)OCOC(=O)c1cccc2c1OB(O)[C@@H](CC(=O)Cn1cc(C(=O)N[C@H]3CCNC3)nn1)C2. The smallest absolute Gasteiger partial charge is 0.526 e. The van der Waals surface area contributed by atoms with E-state index in [2.05, 4.69) is 20.9 Å². The van der Waals surface area contributed by atoms with Gasteiger partial charge in [-0.3, -0.25) is 14.4 Å². The van der Waals surface area contributed by atoms with Crippen molar-refractivity contribution < 1.29 is 38.3 Å². The molecule has 214 valence electrons. The Kier molecular flexibility index (Phi) is 9.88. The number of nitrogens with zero attached hydrogens (tertiary/aromatic N) is 3. The number of rotatable bonds is 12. The molecular weight excluding hydrogens is 521 g/mol. The largest absolute Gasteiger partial charge is 0.535 e. The predicted octanol–water partition coefficient (Wildman–Crippen LogP) is 0.909. The Morgan fingerprint density at radius 3 is 2.77 bits per heavy atom. The molecule has 40 heavy (non-hydrogen) atoms. The molecule has 1 fully saturated rings. The lowest BCUT2D eigenvalue weighted by Gasteiger charge is -2.28. The lowest BCUT2D eigenvalue weighted by Crippen LogP contribution is -2.36. The third-order valence-electron chi connectivity index (χ3n) is 7.15. The lowest BCUT2D eigenvalue weighted by molar-refractivity contribution is -0.157. The van der Waals surface area contributed by atoms with Crippen LogP contribution in [0.2, 0.25) is 5.82 Å². The second kappa shape index (κ2) is 13.5.